The zero-order chi connectivity index (χ0) is 28.4. The molecule has 2 N–H and O–H groups in total. The van der Waals surface area contributed by atoms with Crippen LogP contribution < -0.4 is 14.9 Å². The van der Waals surface area contributed by atoms with Gasteiger partial charge in [0.05, 0.1) is 34.9 Å². The molecular weight excluding hydrogens is 541 g/mol. The van der Waals surface area contributed by atoms with Gasteiger partial charge in [-0.1, -0.05) is 43.1 Å². The molecule has 1 unspecified atom stereocenters. The minimum Gasteiger partial charge on any atom is -0.460 e. The van der Waals surface area contributed by atoms with E-state index in [2.05, 4.69) is 10.6 Å². The van der Waals surface area contributed by atoms with Gasteiger partial charge in [-0.15, -0.1) is 0 Å². The van der Waals surface area contributed by atoms with E-state index in [1.54, 1.807) is 42.5 Å². The van der Waals surface area contributed by atoms with Gasteiger partial charge < -0.3 is 15.4 Å². The molecule has 1 atom stereocenters. The molecule has 0 amide bonds. The molecule has 0 aromatic heterocycles. The van der Waals surface area contributed by atoms with Gasteiger partial charge in [-0.25, -0.2) is 12.8 Å². The van der Waals surface area contributed by atoms with Crippen LogP contribution in [0.4, 0.5) is 21.5 Å². The third kappa shape index (κ3) is 6.65. The monoisotopic (exact) mass is 573 g/mol. The molecule has 0 fully saturated rings. The summed E-state index contributed by atoms with van der Waals surface area (Å²) in [6.07, 6.45) is 1.51. The molecule has 39 heavy (non-hydrogen) atoms. The molecule has 1 heterocycles. The average Bonchev–Trinajstić information content (AvgIpc) is 3.19. The van der Waals surface area contributed by atoms with E-state index in [0.717, 1.165) is 24.2 Å². The summed E-state index contributed by atoms with van der Waals surface area (Å²) in [7, 11) is -4.10. The fourth-order valence-corrected chi connectivity index (χ4v) is 6.26. The van der Waals surface area contributed by atoms with Gasteiger partial charge in [-0.3, -0.25) is 9.10 Å². The molecule has 208 valence electrons. The highest BCUT2D eigenvalue weighted by atomic mass is 35.5. The Morgan fingerprint density at radius 1 is 1.03 bits per heavy atom. The van der Waals surface area contributed by atoms with Gasteiger partial charge in [-0.05, 0) is 81.3 Å². The number of benzene rings is 3. The molecule has 0 saturated carbocycles. The van der Waals surface area contributed by atoms with Crippen molar-refractivity contribution < 1.29 is 22.3 Å². The Balaban J connectivity index is 1.71. The van der Waals surface area contributed by atoms with Crippen LogP contribution in [0.25, 0.3) is 0 Å². The number of anilines is 3. The third-order valence-corrected chi connectivity index (χ3v) is 8.41. The minimum absolute atomic E-state index is 0.0381. The van der Waals surface area contributed by atoms with Crippen LogP contribution in [-0.2, 0) is 26.1 Å². The first-order valence-electron chi connectivity index (χ1n) is 12.8. The molecule has 3 aromatic rings. The van der Waals surface area contributed by atoms with Crippen LogP contribution in [0.15, 0.2) is 71.6 Å². The van der Waals surface area contributed by atoms with Gasteiger partial charge in [0.1, 0.15) is 17.1 Å². The zero-order valence-electron chi connectivity index (χ0n) is 22.4. The minimum atomic E-state index is -4.10. The summed E-state index contributed by atoms with van der Waals surface area (Å²) in [6.45, 7) is 7.45. The third-order valence-electron chi connectivity index (χ3n) is 6.26. The summed E-state index contributed by atoms with van der Waals surface area (Å²) in [5.41, 5.74) is 1.01. The SMILES string of the molecule is CCCC1(CC(=O)OC(C)(C)C)Nc2ccc(N(Cc3ccccc3Cl)S(=O)(=O)c3ccc(F)cc3)cc2N1. The van der Waals surface area contributed by atoms with Gasteiger partial charge >= 0.3 is 5.97 Å². The van der Waals surface area contributed by atoms with Crippen LogP contribution in [0.2, 0.25) is 5.02 Å². The predicted octanol–water partition coefficient (Wildman–Crippen LogP) is 6.94. The number of fused-ring (bicyclic) bond motifs is 1. The number of halogens is 2. The van der Waals surface area contributed by atoms with Gasteiger partial charge in [0.2, 0.25) is 0 Å². The molecule has 3 aromatic carbocycles. The van der Waals surface area contributed by atoms with Crippen molar-refractivity contribution in [3.8, 4) is 0 Å². The molecule has 0 bridgehead atoms. The van der Waals surface area contributed by atoms with Crippen LogP contribution in [0.5, 0.6) is 0 Å². The van der Waals surface area contributed by atoms with E-state index in [9.17, 15) is 17.6 Å². The lowest BCUT2D eigenvalue weighted by Gasteiger charge is -2.31. The normalized spacial score (nSPS) is 16.7. The largest absolute Gasteiger partial charge is 0.460 e. The molecule has 1 aliphatic rings. The first-order chi connectivity index (χ1) is 18.3. The Hall–Kier alpha value is -3.30. The molecule has 0 aliphatic carbocycles. The molecule has 10 heteroatoms. The Morgan fingerprint density at radius 2 is 1.69 bits per heavy atom. The van der Waals surface area contributed by atoms with Crippen molar-refractivity contribution in [2.45, 2.75) is 69.7 Å². The lowest BCUT2D eigenvalue weighted by molar-refractivity contribution is -0.155. The molecule has 4 rings (SSSR count). The second-order valence-corrected chi connectivity index (χ2v) is 12.9. The Bertz CT molecular complexity index is 1460. The molecular formula is C29H33ClFN3O4S. The van der Waals surface area contributed by atoms with Crippen molar-refractivity contribution in [2.75, 3.05) is 14.9 Å². The van der Waals surface area contributed by atoms with E-state index in [1.807, 2.05) is 27.7 Å². The number of carbonyl (C=O) groups excluding carboxylic acids is 1. The van der Waals surface area contributed by atoms with Gasteiger partial charge in [0.25, 0.3) is 10.0 Å². The number of hydrogen-bond acceptors (Lipinski definition) is 6. The van der Waals surface area contributed by atoms with Crippen molar-refractivity contribution in [2.24, 2.45) is 0 Å². The summed E-state index contributed by atoms with van der Waals surface area (Å²) in [6, 6.07) is 16.9. The van der Waals surface area contributed by atoms with Crippen molar-refractivity contribution in [3.05, 3.63) is 83.1 Å². The second-order valence-electron chi connectivity index (χ2n) is 10.6. The van der Waals surface area contributed by atoms with E-state index in [1.165, 1.54) is 16.4 Å². The molecule has 0 spiro atoms. The maximum Gasteiger partial charge on any atom is 0.310 e. The number of esters is 1. The number of nitrogens with zero attached hydrogens (tertiary/aromatic N) is 1. The number of nitrogens with one attached hydrogen (secondary N) is 2. The number of carbonyl (C=O) groups is 1. The summed E-state index contributed by atoms with van der Waals surface area (Å²) in [5.74, 6) is -0.875. The molecule has 1 aliphatic heterocycles. The van der Waals surface area contributed by atoms with E-state index in [-0.39, 0.29) is 23.8 Å². The fraction of sp³-hybridized carbons (Fsp3) is 0.345. The van der Waals surface area contributed by atoms with E-state index in [4.69, 9.17) is 16.3 Å². The van der Waals surface area contributed by atoms with Gasteiger partial charge in [0.15, 0.2) is 0 Å². The standard InChI is InChI=1S/C29H33ClFN3O4S/c1-5-16-29(18-27(35)38-28(2,3)4)32-25-15-12-22(17-26(25)33-29)34(19-20-8-6-7-9-24(20)30)39(36,37)23-13-10-21(31)11-14-23/h6-15,17,32-33H,5,16,18-19H2,1-4H3. The first kappa shape index (κ1) is 28.7. The Kier molecular flexibility index (Phi) is 8.14. The first-order valence-corrected chi connectivity index (χ1v) is 14.6. The highest BCUT2D eigenvalue weighted by molar-refractivity contribution is 7.92. The smallest absolute Gasteiger partial charge is 0.310 e. The molecule has 7 nitrogen and oxygen atoms in total. The van der Waals surface area contributed by atoms with Crippen LogP contribution in [0.1, 0.15) is 52.5 Å². The number of rotatable bonds is 9. The van der Waals surface area contributed by atoms with Crippen LogP contribution >= 0.6 is 11.6 Å². The van der Waals surface area contributed by atoms with Crippen LogP contribution in [-0.4, -0.2) is 25.7 Å². The topological polar surface area (TPSA) is 87.7 Å². The lowest BCUT2D eigenvalue weighted by atomic mass is 10.0. The van der Waals surface area contributed by atoms with Crippen molar-refractivity contribution in [1.29, 1.82) is 0 Å². The second kappa shape index (κ2) is 11.1. The Morgan fingerprint density at radius 3 is 2.33 bits per heavy atom. The summed E-state index contributed by atoms with van der Waals surface area (Å²) in [4.78, 5) is 12.7. The highest BCUT2D eigenvalue weighted by Crippen LogP contribution is 2.42. The molecule has 0 radical (unpaired) electrons. The zero-order valence-corrected chi connectivity index (χ0v) is 24.0. The van der Waals surface area contributed by atoms with E-state index < -0.39 is 27.1 Å². The summed E-state index contributed by atoms with van der Waals surface area (Å²) in [5, 5.41) is 7.28. The van der Waals surface area contributed by atoms with E-state index >= 15 is 0 Å². The summed E-state index contributed by atoms with van der Waals surface area (Å²) < 4.78 is 48.1. The van der Waals surface area contributed by atoms with Crippen LogP contribution in [0, 0.1) is 5.82 Å². The number of ether oxygens (including phenoxy) is 1. The maximum atomic E-state index is 13.8. The maximum absolute atomic E-state index is 13.8. The van der Waals surface area contributed by atoms with Crippen molar-refractivity contribution >= 4 is 44.7 Å². The summed E-state index contributed by atoms with van der Waals surface area (Å²) >= 11 is 6.40. The van der Waals surface area contributed by atoms with Gasteiger partial charge in [0, 0.05) is 5.02 Å². The Labute approximate surface area is 234 Å². The molecule has 0 saturated heterocycles. The highest BCUT2D eigenvalue weighted by Gasteiger charge is 2.39. The van der Waals surface area contributed by atoms with Gasteiger partial charge in [-0.2, -0.15) is 0 Å². The van der Waals surface area contributed by atoms with E-state index in [0.29, 0.717) is 28.4 Å². The number of sulfonamides is 1. The van der Waals surface area contributed by atoms with Crippen molar-refractivity contribution in [3.63, 3.8) is 0 Å². The quantitative estimate of drug-likeness (QED) is 0.270. The number of hydrogen-bond donors (Lipinski definition) is 2. The lowest BCUT2D eigenvalue weighted by Crippen LogP contribution is -2.45. The van der Waals surface area contributed by atoms with Crippen LogP contribution in [0.3, 0.4) is 0 Å². The average molecular weight is 574 g/mol. The fourth-order valence-electron chi connectivity index (χ4n) is 4.63. The van der Waals surface area contributed by atoms with Crippen molar-refractivity contribution in [1.82, 2.24) is 0 Å². The predicted molar refractivity (Wildman–Crippen MR) is 153 cm³/mol.